The number of nitrogens with one attached hydrogen (secondary N) is 1. The quantitative estimate of drug-likeness (QED) is 0.878. The molecule has 0 atom stereocenters. The molecule has 2 aromatic rings. The molecule has 1 heterocycles. The van der Waals surface area contributed by atoms with E-state index in [4.69, 9.17) is 16.3 Å². The van der Waals surface area contributed by atoms with E-state index in [1.165, 1.54) is 12.4 Å². The number of benzene rings is 1. The van der Waals surface area contributed by atoms with Gasteiger partial charge in [-0.1, -0.05) is 17.7 Å². The van der Waals surface area contributed by atoms with Crippen molar-refractivity contribution >= 4 is 29.2 Å². The minimum absolute atomic E-state index is 0.101. The van der Waals surface area contributed by atoms with E-state index in [-0.39, 0.29) is 18.0 Å². The molecule has 108 valence electrons. The van der Waals surface area contributed by atoms with E-state index in [0.717, 1.165) is 0 Å². The minimum Gasteiger partial charge on any atom is -0.461 e. The minimum atomic E-state index is -0.693. The number of anilines is 1. The zero-order valence-corrected chi connectivity index (χ0v) is 11.9. The molecule has 0 aliphatic heterocycles. The lowest BCUT2D eigenvalue weighted by molar-refractivity contribution is 0.0515. The van der Waals surface area contributed by atoms with Crippen LogP contribution in [-0.4, -0.2) is 28.5 Å². The molecule has 0 saturated carbocycles. The highest BCUT2D eigenvalue weighted by atomic mass is 35.5. The first-order valence-electron chi connectivity index (χ1n) is 6.17. The molecule has 0 unspecified atom stereocenters. The number of amides is 1. The number of hydrogen-bond donors (Lipinski definition) is 1. The number of carbonyl (C=O) groups excluding carboxylic acids is 2. The predicted molar refractivity (Wildman–Crippen MR) is 77.4 cm³/mol. The molecule has 0 fully saturated rings. The van der Waals surface area contributed by atoms with Crippen molar-refractivity contribution in [1.29, 1.82) is 0 Å². The molecule has 6 nitrogen and oxygen atoms in total. The smallest absolute Gasteiger partial charge is 0.359 e. The van der Waals surface area contributed by atoms with E-state index in [2.05, 4.69) is 15.3 Å². The lowest BCUT2D eigenvalue weighted by Crippen LogP contribution is -2.20. The number of hydrogen-bond acceptors (Lipinski definition) is 5. The molecule has 0 bridgehead atoms. The maximum atomic E-state index is 12.2. The summed E-state index contributed by atoms with van der Waals surface area (Å²) in [6.45, 7) is 1.85. The second-order valence-electron chi connectivity index (χ2n) is 3.94. The molecule has 2 rings (SSSR count). The van der Waals surface area contributed by atoms with E-state index < -0.39 is 11.9 Å². The molecule has 0 aliphatic carbocycles. The Balaban J connectivity index is 2.25. The van der Waals surface area contributed by atoms with Crippen LogP contribution in [0.15, 0.2) is 36.7 Å². The summed E-state index contributed by atoms with van der Waals surface area (Å²) in [5.41, 5.74) is 0.266. The van der Waals surface area contributed by atoms with Crippen LogP contribution in [0.5, 0.6) is 0 Å². The third-order valence-electron chi connectivity index (χ3n) is 2.46. The molecule has 1 amide bonds. The fraction of sp³-hybridized carbons (Fsp3) is 0.143. The van der Waals surface area contributed by atoms with Crippen molar-refractivity contribution in [3.8, 4) is 0 Å². The summed E-state index contributed by atoms with van der Waals surface area (Å²) < 4.78 is 4.85. The van der Waals surface area contributed by atoms with E-state index in [0.29, 0.717) is 10.7 Å². The number of carbonyl (C=O) groups is 2. The first-order chi connectivity index (χ1) is 10.1. The third-order valence-corrected chi connectivity index (χ3v) is 2.70. The Labute approximate surface area is 126 Å². The zero-order chi connectivity index (χ0) is 15.2. The fourth-order valence-corrected chi connectivity index (χ4v) is 1.80. The van der Waals surface area contributed by atoms with Crippen LogP contribution < -0.4 is 5.32 Å². The molecule has 0 radical (unpaired) electrons. The average molecular weight is 306 g/mol. The monoisotopic (exact) mass is 305 g/mol. The highest BCUT2D eigenvalue weighted by Crippen LogP contribution is 2.16. The number of halogens is 1. The van der Waals surface area contributed by atoms with Crippen molar-refractivity contribution in [2.45, 2.75) is 6.92 Å². The van der Waals surface area contributed by atoms with Gasteiger partial charge in [0.2, 0.25) is 0 Å². The molecule has 0 spiro atoms. The Bertz CT molecular complexity index is 676. The third kappa shape index (κ3) is 3.76. The van der Waals surface area contributed by atoms with E-state index >= 15 is 0 Å². The van der Waals surface area contributed by atoms with Crippen LogP contribution in [0.1, 0.15) is 27.9 Å². The molecule has 1 aromatic carbocycles. The van der Waals surface area contributed by atoms with Gasteiger partial charge in [0, 0.05) is 23.1 Å². The van der Waals surface area contributed by atoms with Gasteiger partial charge in [-0.25, -0.2) is 14.8 Å². The van der Waals surface area contributed by atoms with Crippen molar-refractivity contribution in [2.75, 3.05) is 11.9 Å². The normalized spacial score (nSPS) is 10.0. The first-order valence-corrected chi connectivity index (χ1v) is 6.54. The second-order valence-corrected chi connectivity index (χ2v) is 4.37. The lowest BCUT2D eigenvalue weighted by Gasteiger charge is -2.08. The van der Waals surface area contributed by atoms with Gasteiger partial charge in [0.1, 0.15) is 0 Å². The molecular weight excluding hydrogens is 294 g/mol. The van der Waals surface area contributed by atoms with E-state index in [1.54, 1.807) is 31.2 Å². The van der Waals surface area contributed by atoms with Gasteiger partial charge in [0.15, 0.2) is 11.4 Å². The van der Waals surface area contributed by atoms with E-state index in [1.807, 2.05) is 0 Å². The Morgan fingerprint density at radius 2 is 1.95 bits per heavy atom. The Hall–Kier alpha value is -2.47. The standard InChI is InChI=1S/C14H12ClN3O3/c1-2-21-14(20)12-11(16-6-7-17-12)13(19)18-10-5-3-4-9(15)8-10/h3-8H,2H2,1H3,(H,18,19). The molecule has 1 N–H and O–H groups in total. The van der Waals surface area contributed by atoms with Crippen molar-refractivity contribution in [2.24, 2.45) is 0 Å². The van der Waals surface area contributed by atoms with Gasteiger partial charge in [0.05, 0.1) is 6.61 Å². The van der Waals surface area contributed by atoms with Crippen LogP contribution in [0.3, 0.4) is 0 Å². The van der Waals surface area contributed by atoms with Crippen LogP contribution in [-0.2, 0) is 4.74 Å². The largest absolute Gasteiger partial charge is 0.461 e. The van der Waals surface area contributed by atoms with Crippen LogP contribution in [0.25, 0.3) is 0 Å². The Morgan fingerprint density at radius 1 is 1.24 bits per heavy atom. The average Bonchev–Trinajstić information content (AvgIpc) is 2.47. The van der Waals surface area contributed by atoms with Crippen molar-refractivity contribution in [3.63, 3.8) is 0 Å². The fourth-order valence-electron chi connectivity index (χ4n) is 1.61. The summed E-state index contributed by atoms with van der Waals surface area (Å²) in [4.78, 5) is 31.7. The Morgan fingerprint density at radius 3 is 2.62 bits per heavy atom. The molecule has 21 heavy (non-hydrogen) atoms. The van der Waals surface area contributed by atoms with Crippen LogP contribution >= 0.6 is 11.6 Å². The highest BCUT2D eigenvalue weighted by molar-refractivity contribution is 6.31. The molecule has 0 saturated heterocycles. The molecule has 7 heteroatoms. The summed E-state index contributed by atoms with van der Waals surface area (Å²) in [5.74, 6) is -1.25. The SMILES string of the molecule is CCOC(=O)c1nccnc1C(=O)Nc1cccc(Cl)c1. The summed E-state index contributed by atoms with van der Waals surface area (Å²) in [6, 6.07) is 6.63. The van der Waals surface area contributed by atoms with Crippen LogP contribution in [0.4, 0.5) is 5.69 Å². The molecular formula is C14H12ClN3O3. The number of nitrogens with zero attached hydrogens (tertiary/aromatic N) is 2. The summed E-state index contributed by atoms with van der Waals surface area (Å²) in [7, 11) is 0. The molecule has 0 aliphatic rings. The van der Waals surface area contributed by atoms with Crippen LogP contribution in [0.2, 0.25) is 5.02 Å². The van der Waals surface area contributed by atoms with Crippen molar-refractivity contribution < 1.29 is 14.3 Å². The van der Waals surface area contributed by atoms with E-state index in [9.17, 15) is 9.59 Å². The first kappa shape index (κ1) is 14.9. The number of esters is 1. The van der Waals surface area contributed by atoms with Gasteiger partial charge in [-0.3, -0.25) is 4.79 Å². The highest BCUT2D eigenvalue weighted by Gasteiger charge is 2.21. The summed E-state index contributed by atoms with van der Waals surface area (Å²) in [5, 5.41) is 3.09. The van der Waals surface area contributed by atoms with Crippen molar-refractivity contribution in [1.82, 2.24) is 9.97 Å². The maximum Gasteiger partial charge on any atom is 0.359 e. The van der Waals surface area contributed by atoms with Gasteiger partial charge in [-0.2, -0.15) is 0 Å². The van der Waals surface area contributed by atoms with Gasteiger partial charge in [-0.15, -0.1) is 0 Å². The maximum absolute atomic E-state index is 12.2. The number of ether oxygens (including phenoxy) is 1. The summed E-state index contributed by atoms with van der Waals surface area (Å²) in [6.07, 6.45) is 2.65. The second kappa shape index (κ2) is 6.81. The predicted octanol–water partition coefficient (Wildman–Crippen LogP) is 2.56. The number of aromatic nitrogens is 2. The van der Waals surface area contributed by atoms with Crippen LogP contribution in [0, 0.1) is 0 Å². The van der Waals surface area contributed by atoms with Gasteiger partial charge in [0.25, 0.3) is 5.91 Å². The van der Waals surface area contributed by atoms with Gasteiger partial charge in [-0.05, 0) is 25.1 Å². The zero-order valence-electron chi connectivity index (χ0n) is 11.2. The van der Waals surface area contributed by atoms with Gasteiger partial charge < -0.3 is 10.1 Å². The Kier molecular flexibility index (Phi) is 4.84. The molecule has 1 aromatic heterocycles. The number of rotatable bonds is 4. The lowest BCUT2D eigenvalue weighted by atomic mass is 10.2. The topological polar surface area (TPSA) is 81.2 Å². The van der Waals surface area contributed by atoms with Crippen molar-refractivity contribution in [3.05, 3.63) is 53.1 Å². The van der Waals surface area contributed by atoms with Gasteiger partial charge >= 0.3 is 5.97 Å². The summed E-state index contributed by atoms with van der Waals surface area (Å²) >= 11 is 5.84.